The monoisotopic (exact) mass is 403 g/mol. The Balaban J connectivity index is 1.87. The molecule has 0 radical (unpaired) electrons. The summed E-state index contributed by atoms with van der Waals surface area (Å²) in [6, 6.07) is 7.94. The van der Waals surface area contributed by atoms with Gasteiger partial charge >= 0.3 is 5.97 Å². The lowest BCUT2D eigenvalue weighted by Crippen LogP contribution is -2.38. The number of halogens is 1. The molecule has 1 aromatic carbocycles. The normalized spacial score (nSPS) is 22.1. The topological polar surface area (TPSA) is 47.6 Å². The Labute approximate surface area is 139 Å². The summed E-state index contributed by atoms with van der Waals surface area (Å²) in [7, 11) is 0. The average molecular weight is 403 g/mol. The lowest BCUT2D eigenvalue weighted by atomic mass is 9.97. The van der Waals surface area contributed by atoms with Crippen LogP contribution in [0.2, 0.25) is 0 Å². The first-order valence-electron chi connectivity index (χ1n) is 7.19. The highest BCUT2D eigenvalue weighted by atomic mass is 127. The zero-order valence-corrected chi connectivity index (χ0v) is 14.8. The van der Waals surface area contributed by atoms with E-state index in [-0.39, 0.29) is 18.1 Å². The molecule has 2 rings (SSSR count). The number of rotatable bonds is 4. The summed E-state index contributed by atoms with van der Waals surface area (Å²) in [5.41, 5.74) is -0.480. The van der Waals surface area contributed by atoms with Crippen molar-refractivity contribution >= 4 is 28.6 Å². The van der Waals surface area contributed by atoms with Crippen molar-refractivity contribution in [3.63, 3.8) is 0 Å². The van der Waals surface area contributed by atoms with Crippen LogP contribution in [-0.4, -0.2) is 25.3 Å². The summed E-state index contributed by atoms with van der Waals surface area (Å²) in [5, 5.41) is 3.23. The predicted octanol–water partition coefficient (Wildman–Crippen LogP) is 3.19. The quantitative estimate of drug-likeness (QED) is 0.620. The third-order valence-corrected chi connectivity index (χ3v) is 4.13. The standard InChI is InChI=1S/C16H22INO3/c1-16(2,3)15(19)21-14-11(8-9-18-14)10-20-13-6-4-12(17)5-7-13/h4-7,11,14,18H,8-10H2,1-3H3/t11-,14?/m1/s1. The minimum atomic E-state index is -0.480. The fourth-order valence-electron chi connectivity index (χ4n) is 2.06. The molecule has 21 heavy (non-hydrogen) atoms. The highest BCUT2D eigenvalue weighted by Gasteiger charge is 2.34. The minimum absolute atomic E-state index is 0.179. The second-order valence-corrected chi connectivity index (χ2v) is 7.59. The molecule has 1 aliphatic heterocycles. The van der Waals surface area contributed by atoms with Crippen molar-refractivity contribution in [1.82, 2.24) is 5.32 Å². The number of carbonyl (C=O) groups excluding carboxylic acids is 1. The SMILES string of the molecule is CC(C)(C)C(=O)OC1NCC[C@@H]1COc1ccc(I)cc1. The Morgan fingerprint density at radius 1 is 1.33 bits per heavy atom. The van der Waals surface area contributed by atoms with E-state index in [4.69, 9.17) is 9.47 Å². The lowest BCUT2D eigenvalue weighted by Gasteiger charge is -2.24. The van der Waals surface area contributed by atoms with E-state index in [1.165, 1.54) is 3.57 Å². The Kier molecular flexibility index (Phi) is 5.48. The highest BCUT2D eigenvalue weighted by molar-refractivity contribution is 14.1. The summed E-state index contributed by atoms with van der Waals surface area (Å²) in [4.78, 5) is 12.0. The lowest BCUT2D eigenvalue weighted by molar-refractivity contribution is -0.162. The molecule has 1 N–H and O–H groups in total. The fourth-order valence-corrected chi connectivity index (χ4v) is 2.42. The number of esters is 1. The van der Waals surface area contributed by atoms with Crippen LogP contribution in [0.3, 0.4) is 0 Å². The molecule has 1 aliphatic rings. The number of nitrogens with one attached hydrogen (secondary N) is 1. The second kappa shape index (κ2) is 6.96. The maximum Gasteiger partial charge on any atom is 0.312 e. The van der Waals surface area contributed by atoms with Crippen LogP contribution in [0.15, 0.2) is 24.3 Å². The summed E-state index contributed by atoms with van der Waals surface area (Å²) < 4.78 is 12.6. The fraction of sp³-hybridized carbons (Fsp3) is 0.562. The van der Waals surface area contributed by atoms with Crippen molar-refractivity contribution in [2.75, 3.05) is 13.2 Å². The van der Waals surface area contributed by atoms with Crippen LogP contribution < -0.4 is 10.1 Å². The third-order valence-electron chi connectivity index (χ3n) is 3.41. The molecule has 1 fully saturated rings. The number of hydrogen-bond acceptors (Lipinski definition) is 4. The number of ether oxygens (including phenoxy) is 2. The van der Waals surface area contributed by atoms with Gasteiger partial charge in [-0.25, -0.2) is 0 Å². The van der Waals surface area contributed by atoms with Gasteiger partial charge in [0.25, 0.3) is 0 Å². The van der Waals surface area contributed by atoms with Gasteiger partial charge in [-0.05, 0) is 80.6 Å². The van der Waals surface area contributed by atoms with Crippen LogP contribution >= 0.6 is 22.6 Å². The van der Waals surface area contributed by atoms with Gasteiger partial charge in [0.15, 0.2) is 6.23 Å². The molecule has 0 aliphatic carbocycles. The van der Waals surface area contributed by atoms with Gasteiger partial charge in [-0.15, -0.1) is 0 Å². The van der Waals surface area contributed by atoms with Gasteiger partial charge in [0.1, 0.15) is 5.75 Å². The average Bonchev–Trinajstić information content (AvgIpc) is 2.84. The predicted molar refractivity (Wildman–Crippen MR) is 90.1 cm³/mol. The van der Waals surface area contributed by atoms with E-state index in [0.29, 0.717) is 6.61 Å². The molecule has 5 heteroatoms. The van der Waals surface area contributed by atoms with Crippen LogP contribution in [0, 0.1) is 14.9 Å². The van der Waals surface area contributed by atoms with Crippen LogP contribution in [0.4, 0.5) is 0 Å². The van der Waals surface area contributed by atoms with Gasteiger partial charge in [0.2, 0.25) is 0 Å². The van der Waals surface area contributed by atoms with Crippen molar-refractivity contribution in [3.05, 3.63) is 27.8 Å². The molecule has 1 unspecified atom stereocenters. The summed E-state index contributed by atoms with van der Waals surface area (Å²) in [6.07, 6.45) is 0.701. The van der Waals surface area contributed by atoms with E-state index in [1.807, 2.05) is 45.0 Å². The Bertz CT molecular complexity index is 481. The highest BCUT2D eigenvalue weighted by Crippen LogP contribution is 2.23. The first-order valence-corrected chi connectivity index (χ1v) is 8.27. The largest absolute Gasteiger partial charge is 0.493 e. The molecule has 1 aromatic rings. The van der Waals surface area contributed by atoms with Crippen LogP contribution in [0.1, 0.15) is 27.2 Å². The maximum atomic E-state index is 12.0. The second-order valence-electron chi connectivity index (χ2n) is 6.34. The number of hydrogen-bond donors (Lipinski definition) is 1. The van der Waals surface area contributed by atoms with E-state index >= 15 is 0 Å². The van der Waals surface area contributed by atoms with Gasteiger partial charge in [0, 0.05) is 9.49 Å². The smallest absolute Gasteiger partial charge is 0.312 e. The van der Waals surface area contributed by atoms with E-state index in [0.717, 1.165) is 18.7 Å². The molecule has 1 saturated heterocycles. The van der Waals surface area contributed by atoms with Crippen LogP contribution in [0.25, 0.3) is 0 Å². The molecule has 0 aromatic heterocycles. The molecule has 4 nitrogen and oxygen atoms in total. The molecule has 0 amide bonds. The molecular weight excluding hydrogens is 381 g/mol. The van der Waals surface area contributed by atoms with E-state index in [1.54, 1.807) is 0 Å². The van der Waals surface area contributed by atoms with Crippen molar-refractivity contribution in [1.29, 1.82) is 0 Å². The molecule has 2 atom stereocenters. The Morgan fingerprint density at radius 3 is 2.62 bits per heavy atom. The van der Waals surface area contributed by atoms with E-state index < -0.39 is 5.41 Å². The van der Waals surface area contributed by atoms with Crippen molar-refractivity contribution in [3.8, 4) is 5.75 Å². The van der Waals surface area contributed by atoms with Gasteiger partial charge in [-0.2, -0.15) is 0 Å². The Morgan fingerprint density at radius 2 is 2.00 bits per heavy atom. The van der Waals surface area contributed by atoms with Crippen LogP contribution in [-0.2, 0) is 9.53 Å². The zero-order valence-electron chi connectivity index (χ0n) is 12.7. The van der Waals surface area contributed by atoms with Gasteiger partial charge in [0.05, 0.1) is 12.0 Å². The third kappa shape index (κ3) is 4.85. The first kappa shape index (κ1) is 16.5. The van der Waals surface area contributed by atoms with Gasteiger partial charge in [-0.3, -0.25) is 10.1 Å². The van der Waals surface area contributed by atoms with E-state index in [9.17, 15) is 4.79 Å². The molecule has 1 heterocycles. The van der Waals surface area contributed by atoms with Crippen molar-refractivity contribution < 1.29 is 14.3 Å². The van der Waals surface area contributed by atoms with E-state index in [2.05, 4.69) is 27.9 Å². The van der Waals surface area contributed by atoms with Crippen molar-refractivity contribution in [2.24, 2.45) is 11.3 Å². The molecule has 0 bridgehead atoms. The summed E-state index contributed by atoms with van der Waals surface area (Å²) in [5.74, 6) is 0.861. The molecule has 0 saturated carbocycles. The first-order chi connectivity index (χ1) is 9.86. The molecule has 0 spiro atoms. The molecule has 116 valence electrons. The van der Waals surface area contributed by atoms with Gasteiger partial charge < -0.3 is 9.47 Å². The summed E-state index contributed by atoms with van der Waals surface area (Å²) in [6.45, 7) is 6.99. The van der Waals surface area contributed by atoms with Crippen LogP contribution in [0.5, 0.6) is 5.75 Å². The number of benzene rings is 1. The van der Waals surface area contributed by atoms with Crippen molar-refractivity contribution in [2.45, 2.75) is 33.4 Å². The number of carbonyl (C=O) groups is 1. The summed E-state index contributed by atoms with van der Waals surface area (Å²) >= 11 is 2.26. The zero-order chi connectivity index (χ0) is 15.5. The maximum absolute atomic E-state index is 12.0. The molecular formula is C16H22INO3. The Hall–Kier alpha value is -0.820. The minimum Gasteiger partial charge on any atom is -0.493 e. The van der Waals surface area contributed by atoms with Gasteiger partial charge in [-0.1, -0.05) is 0 Å².